The number of esters is 1. The van der Waals surface area contributed by atoms with Crippen LogP contribution in [0.25, 0.3) is 16.7 Å². The van der Waals surface area contributed by atoms with Crippen LogP contribution in [0.4, 0.5) is 0 Å². The van der Waals surface area contributed by atoms with E-state index < -0.39 is 0 Å². The van der Waals surface area contributed by atoms with Crippen molar-refractivity contribution in [2.45, 2.75) is 39.7 Å². The van der Waals surface area contributed by atoms with Gasteiger partial charge in [0.2, 0.25) is 0 Å². The van der Waals surface area contributed by atoms with Crippen LogP contribution in [0.15, 0.2) is 36.4 Å². The van der Waals surface area contributed by atoms with Crippen LogP contribution < -0.4 is 0 Å². The second kappa shape index (κ2) is 8.55. The third kappa shape index (κ3) is 4.15. The number of aromatic nitrogens is 2. The summed E-state index contributed by atoms with van der Waals surface area (Å²) >= 11 is 6.45. The van der Waals surface area contributed by atoms with E-state index in [1.54, 1.807) is 6.92 Å². The molecular weight excluding hydrogens is 364 g/mol. The summed E-state index contributed by atoms with van der Waals surface area (Å²) in [5.74, 6) is 0.674. The van der Waals surface area contributed by atoms with Gasteiger partial charge in [-0.05, 0) is 36.2 Å². The van der Waals surface area contributed by atoms with Crippen molar-refractivity contribution in [1.29, 1.82) is 0 Å². The average Bonchev–Trinajstić information content (AvgIpc) is 3.04. The molecule has 0 fully saturated rings. The molecule has 0 bridgehead atoms. The number of aryl methyl sites for hydroxylation is 1. The molecule has 0 unspecified atom stereocenters. The Morgan fingerprint density at radius 3 is 2.59 bits per heavy atom. The van der Waals surface area contributed by atoms with Gasteiger partial charge in [-0.3, -0.25) is 9.36 Å². The molecule has 3 aromatic rings. The number of carbonyl (C=O) groups excluding carboxylic acids is 1. The van der Waals surface area contributed by atoms with E-state index in [9.17, 15) is 4.79 Å². The van der Waals surface area contributed by atoms with Gasteiger partial charge in [0.1, 0.15) is 12.4 Å². The molecule has 0 aliphatic carbocycles. The van der Waals surface area contributed by atoms with E-state index in [4.69, 9.17) is 26.4 Å². The van der Waals surface area contributed by atoms with Crippen molar-refractivity contribution in [2.75, 3.05) is 6.61 Å². The molecule has 0 aliphatic heterocycles. The summed E-state index contributed by atoms with van der Waals surface area (Å²) < 4.78 is 7.30. The Hall–Kier alpha value is -2.37. The molecule has 1 aromatic heterocycles. The van der Waals surface area contributed by atoms with Gasteiger partial charge in [-0.25, -0.2) is 4.98 Å². The Morgan fingerprint density at radius 1 is 1.22 bits per heavy atom. The maximum Gasteiger partial charge on any atom is 0.305 e. The highest BCUT2D eigenvalue weighted by Gasteiger charge is 2.15. The molecule has 0 aliphatic rings. The van der Waals surface area contributed by atoms with Gasteiger partial charge in [0.25, 0.3) is 0 Å². The van der Waals surface area contributed by atoms with Crippen LogP contribution >= 0.6 is 11.6 Å². The molecular formula is C21H23ClN2O3. The zero-order valence-electron chi connectivity index (χ0n) is 15.5. The largest absolute Gasteiger partial charge is 0.461 e. The van der Waals surface area contributed by atoms with Crippen LogP contribution in [0.2, 0.25) is 5.02 Å². The van der Waals surface area contributed by atoms with Crippen molar-refractivity contribution in [1.82, 2.24) is 9.55 Å². The first-order chi connectivity index (χ1) is 13.1. The average molecular weight is 387 g/mol. The Morgan fingerprint density at radius 2 is 1.96 bits per heavy atom. The van der Waals surface area contributed by atoms with E-state index in [2.05, 4.69) is 11.5 Å². The number of carbonyl (C=O) groups is 1. The Bertz CT molecular complexity index is 948. The Balaban J connectivity index is 2.02. The minimum Gasteiger partial charge on any atom is -0.461 e. The predicted octanol–water partition coefficient (Wildman–Crippen LogP) is 4.23. The molecule has 0 atom stereocenters. The van der Waals surface area contributed by atoms with Gasteiger partial charge in [-0.2, -0.15) is 0 Å². The first kappa shape index (κ1) is 19.4. The highest BCUT2D eigenvalue weighted by atomic mass is 35.5. The molecule has 27 heavy (non-hydrogen) atoms. The summed E-state index contributed by atoms with van der Waals surface area (Å²) in [7, 11) is 0. The van der Waals surface area contributed by atoms with Crippen molar-refractivity contribution in [2.24, 2.45) is 0 Å². The zero-order valence-corrected chi connectivity index (χ0v) is 16.3. The van der Waals surface area contributed by atoms with E-state index >= 15 is 0 Å². The molecule has 0 amide bonds. The van der Waals surface area contributed by atoms with Crippen LogP contribution in [-0.4, -0.2) is 27.2 Å². The number of imidazole rings is 1. The standard InChI is InChI=1S/C21H23ClN2O3/c1-3-20-23-18-11-15(13-27-21(26)4-2)17(22)12-19(18)24(20)16-7-5-14(6-8-16)9-10-25/h5-8,11-12,25H,3-4,9-10,13H2,1-2H3. The molecule has 142 valence electrons. The molecule has 0 spiro atoms. The topological polar surface area (TPSA) is 64.3 Å². The van der Waals surface area contributed by atoms with Gasteiger partial charge in [0.05, 0.1) is 11.0 Å². The Kier molecular flexibility index (Phi) is 6.14. The molecule has 1 N–H and O–H groups in total. The van der Waals surface area contributed by atoms with Gasteiger partial charge < -0.3 is 9.84 Å². The lowest BCUT2D eigenvalue weighted by Gasteiger charge is -2.10. The minimum absolute atomic E-state index is 0.133. The second-order valence-electron chi connectivity index (χ2n) is 6.30. The summed E-state index contributed by atoms with van der Waals surface area (Å²) in [6.45, 7) is 4.09. The van der Waals surface area contributed by atoms with Gasteiger partial charge in [0.15, 0.2) is 0 Å². The van der Waals surface area contributed by atoms with Crippen molar-refractivity contribution in [3.8, 4) is 5.69 Å². The number of nitrogens with zero attached hydrogens (tertiary/aromatic N) is 2. The highest BCUT2D eigenvalue weighted by molar-refractivity contribution is 6.32. The molecule has 3 rings (SSSR count). The minimum atomic E-state index is -0.256. The number of hydrogen-bond donors (Lipinski definition) is 1. The van der Waals surface area contributed by atoms with Crippen LogP contribution in [0.5, 0.6) is 0 Å². The van der Waals surface area contributed by atoms with E-state index in [0.29, 0.717) is 17.9 Å². The van der Waals surface area contributed by atoms with Gasteiger partial charge >= 0.3 is 5.97 Å². The number of aliphatic hydroxyl groups is 1. The summed E-state index contributed by atoms with van der Waals surface area (Å²) in [6.07, 6.45) is 1.74. The highest BCUT2D eigenvalue weighted by Crippen LogP contribution is 2.28. The Labute approximate surface area is 163 Å². The molecule has 0 radical (unpaired) electrons. The number of halogens is 1. The number of hydrogen-bond acceptors (Lipinski definition) is 4. The maximum atomic E-state index is 11.4. The second-order valence-corrected chi connectivity index (χ2v) is 6.71. The maximum absolute atomic E-state index is 11.4. The lowest BCUT2D eigenvalue weighted by Crippen LogP contribution is -2.03. The predicted molar refractivity (Wildman–Crippen MR) is 106 cm³/mol. The molecule has 1 heterocycles. The lowest BCUT2D eigenvalue weighted by atomic mass is 10.1. The van der Waals surface area contributed by atoms with Crippen molar-refractivity contribution in [3.63, 3.8) is 0 Å². The van der Waals surface area contributed by atoms with Gasteiger partial charge in [0, 0.05) is 35.7 Å². The number of fused-ring (bicyclic) bond motifs is 1. The van der Waals surface area contributed by atoms with E-state index in [1.165, 1.54) is 0 Å². The molecule has 2 aromatic carbocycles. The van der Waals surface area contributed by atoms with E-state index in [1.807, 2.05) is 36.4 Å². The first-order valence-corrected chi connectivity index (χ1v) is 9.50. The van der Waals surface area contributed by atoms with E-state index in [0.717, 1.165) is 40.1 Å². The monoisotopic (exact) mass is 386 g/mol. The first-order valence-electron chi connectivity index (χ1n) is 9.12. The fourth-order valence-corrected chi connectivity index (χ4v) is 3.24. The fraction of sp³-hybridized carbons (Fsp3) is 0.333. The molecule has 0 saturated heterocycles. The number of rotatable bonds is 7. The molecule has 0 saturated carbocycles. The van der Waals surface area contributed by atoms with Crippen LogP contribution in [0.3, 0.4) is 0 Å². The smallest absolute Gasteiger partial charge is 0.305 e. The third-order valence-corrected chi connectivity index (χ3v) is 4.83. The summed E-state index contributed by atoms with van der Waals surface area (Å²) in [5.41, 5.74) is 4.56. The fourth-order valence-electron chi connectivity index (χ4n) is 3.03. The number of benzene rings is 2. The lowest BCUT2D eigenvalue weighted by molar-refractivity contribution is -0.144. The molecule has 6 heteroatoms. The van der Waals surface area contributed by atoms with Crippen molar-refractivity contribution >= 4 is 28.6 Å². The van der Waals surface area contributed by atoms with Crippen LogP contribution in [-0.2, 0) is 29.0 Å². The van der Waals surface area contributed by atoms with Crippen LogP contribution in [0.1, 0.15) is 37.2 Å². The number of aliphatic hydroxyl groups excluding tert-OH is 1. The quantitative estimate of drug-likeness (QED) is 0.617. The van der Waals surface area contributed by atoms with Crippen molar-refractivity contribution in [3.05, 3.63) is 58.4 Å². The van der Waals surface area contributed by atoms with Gasteiger partial charge in [-0.15, -0.1) is 0 Å². The summed E-state index contributed by atoms with van der Waals surface area (Å²) in [6, 6.07) is 11.8. The van der Waals surface area contributed by atoms with Gasteiger partial charge in [-0.1, -0.05) is 37.6 Å². The summed E-state index contributed by atoms with van der Waals surface area (Å²) in [5, 5.41) is 9.63. The van der Waals surface area contributed by atoms with E-state index in [-0.39, 0.29) is 19.2 Å². The van der Waals surface area contributed by atoms with Crippen molar-refractivity contribution < 1.29 is 14.6 Å². The third-order valence-electron chi connectivity index (χ3n) is 4.48. The number of ether oxygens (including phenoxy) is 1. The summed E-state index contributed by atoms with van der Waals surface area (Å²) in [4.78, 5) is 16.2. The zero-order chi connectivity index (χ0) is 19.4. The SMILES string of the molecule is CCC(=O)OCc1cc2nc(CC)n(-c3ccc(CCO)cc3)c2cc1Cl. The molecule has 5 nitrogen and oxygen atoms in total. The normalized spacial score (nSPS) is 11.1. The van der Waals surface area contributed by atoms with Crippen LogP contribution in [0, 0.1) is 0 Å².